The number of anilines is 1. The third kappa shape index (κ3) is 5.63. The zero-order valence-electron chi connectivity index (χ0n) is 20.1. The first-order valence-electron chi connectivity index (χ1n) is 11.8. The van der Waals surface area contributed by atoms with Crippen molar-refractivity contribution in [3.8, 4) is 0 Å². The summed E-state index contributed by atoms with van der Waals surface area (Å²) in [7, 11) is -3.99. The van der Waals surface area contributed by atoms with E-state index in [2.05, 4.69) is 15.3 Å². The second kappa shape index (κ2) is 9.34. The molecule has 1 saturated heterocycles. The van der Waals surface area contributed by atoms with Crippen molar-refractivity contribution in [2.45, 2.75) is 76.5 Å². The van der Waals surface area contributed by atoms with Gasteiger partial charge in [0.15, 0.2) is 0 Å². The molecule has 2 aromatic rings. The summed E-state index contributed by atoms with van der Waals surface area (Å²) in [4.78, 5) is 22.0. The number of aromatic nitrogens is 3. The van der Waals surface area contributed by atoms with Gasteiger partial charge in [-0.25, -0.2) is 13.8 Å². The molecule has 10 nitrogen and oxygen atoms in total. The predicted molar refractivity (Wildman–Crippen MR) is 128 cm³/mol. The fourth-order valence-electron chi connectivity index (χ4n) is 4.89. The maximum atomic E-state index is 13.1. The molecule has 4 rings (SSSR count). The van der Waals surface area contributed by atoms with E-state index < -0.39 is 34.3 Å². The van der Waals surface area contributed by atoms with E-state index in [1.54, 1.807) is 30.7 Å². The SMILES string of the molecule is Cc1cc2cnc(NC3CCN(S(=O)(=O)NCC(C)(F)F)CC3)nc2n([C@@H]2CCC[C@@]2(C)O)c1=O. The summed E-state index contributed by atoms with van der Waals surface area (Å²) in [5.74, 6) is -2.83. The fraction of sp³-hybridized carbons (Fsp3) is 0.682. The first-order valence-corrected chi connectivity index (χ1v) is 13.2. The van der Waals surface area contributed by atoms with Crippen LogP contribution in [0.3, 0.4) is 0 Å². The molecule has 1 aliphatic heterocycles. The van der Waals surface area contributed by atoms with Gasteiger partial charge in [0, 0.05) is 43.2 Å². The smallest absolute Gasteiger partial charge is 0.279 e. The average Bonchev–Trinajstić information content (AvgIpc) is 3.12. The monoisotopic (exact) mass is 514 g/mol. The van der Waals surface area contributed by atoms with Crippen LogP contribution in [-0.2, 0) is 10.2 Å². The number of piperidine rings is 1. The summed E-state index contributed by atoms with van der Waals surface area (Å²) in [5, 5.41) is 14.8. The molecule has 194 valence electrons. The Bertz CT molecular complexity index is 1250. The molecule has 0 radical (unpaired) electrons. The quantitative estimate of drug-likeness (QED) is 0.515. The van der Waals surface area contributed by atoms with E-state index in [4.69, 9.17) is 0 Å². The van der Waals surface area contributed by atoms with E-state index in [1.165, 1.54) is 0 Å². The molecule has 1 saturated carbocycles. The average molecular weight is 515 g/mol. The molecule has 13 heteroatoms. The van der Waals surface area contributed by atoms with Crippen molar-refractivity contribution in [1.82, 2.24) is 23.6 Å². The third-order valence-electron chi connectivity index (χ3n) is 6.83. The van der Waals surface area contributed by atoms with Gasteiger partial charge in [0.05, 0.1) is 18.2 Å². The lowest BCUT2D eigenvalue weighted by Gasteiger charge is -2.32. The highest BCUT2D eigenvalue weighted by Crippen LogP contribution is 2.39. The van der Waals surface area contributed by atoms with Crippen LogP contribution >= 0.6 is 0 Å². The topological polar surface area (TPSA) is 129 Å². The van der Waals surface area contributed by atoms with Crippen LogP contribution in [0.1, 0.15) is 57.6 Å². The maximum absolute atomic E-state index is 13.1. The second-order valence-electron chi connectivity index (χ2n) is 9.95. The van der Waals surface area contributed by atoms with Crippen LogP contribution in [0.25, 0.3) is 11.0 Å². The van der Waals surface area contributed by atoms with Crippen molar-refractivity contribution in [2.75, 3.05) is 25.0 Å². The van der Waals surface area contributed by atoms with Gasteiger partial charge in [-0.05, 0) is 52.0 Å². The van der Waals surface area contributed by atoms with E-state index in [0.29, 0.717) is 55.2 Å². The molecule has 3 N–H and O–H groups in total. The minimum atomic E-state index is -3.99. The van der Waals surface area contributed by atoms with Gasteiger partial charge in [0.1, 0.15) is 5.65 Å². The number of rotatable bonds is 7. The maximum Gasteiger partial charge on any atom is 0.279 e. The first-order chi connectivity index (χ1) is 16.3. The molecule has 2 aromatic heterocycles. The Morgan fingerprint density at radius 3 is 2.57 bits per heavy atom. The van der Waals surface area contributed by atoms with Crippen LogP contribution < -0.4 is 15.6 Å². The summed E-state index contributed by atoms with van der Waals surface area (Å²) in [6.07, 6.45) is 4.57. The Morgan fingerprint density at radius 2 is 1.97 bits per heavy atom. The number of halogens is 2. The van der Waals surface area contributed by atoms with Gasteiger partial charge in [-0.1, -0.05) is 0 Å². The molecule has 1 aliphatic carbocycles. The molecule has 0 unspecified atom stereocenters. The summed E-state index contributed by atoms with van der Waals surface area (Å²) in [5.41, 5.74) is -0.225. The molecular formula is C22H32F2N6O4S. The highest BCUT2D eigenvalue weighted by Gasteiger charge is 2.39. The van der Waals surface area contributed by atoms with Gasteiger partial charge in [0.2, 0.25) is 5.95 Å². The van der Waals surface area contributed by atoms with Crippen molar-refractivity contribution in [1.29, 1.82) is 0 Å². The predicted octanol–water partition coefficient (Wildman–Crippen LogP) is 1.94. The molecule has 3 heterocycles. The van der Waals surface area contributed by atoms with Crippen molar-refractivity contribution in [3.05, 3.63) is 28.2 Å². The zero-order valence-corrected chi connectivity index (χ0v) is 20.9. The third-order valence-corrected chi connectivity index (χ3v) is 8.39. The molecule has 2 aliphatic rings. The molecular weight excluding hydrogens is 482 g/mol. The number of fused-ring (bicyclic) bond motifs is 1. The number of aryl methyl sites for hydroxylation is 1. The van der Waals surface area contributed by atoms with Gasteiger partial charge in [-0.2, -0.15) is 22.4 Å². The number of aliphatic hydroxyl groups is 1. The largest absolute Gasteiger partial charge is 0.388 e. The van der Waals surface area contributed by atoms with E-state index in [-0.39, 0.29) is 24.7 Å². The molecule has 2 atom stereocenters. The first kappa shape index (κ1) is 25.9. The van der Waals surface area contributed by atoms with Gasteiger partial charge in [0.25, 0.3) is 21.7 Å². The Kier molecular flexibility index (Phi) is 6.90. The molecule has 0 amide bonds. The van der Waals surface area contributed by atoms with Crippen LogP contribution in [0.2, 0.25) is 0 Å². The highest BCUT2D eigenvalue weighted by molar-refractivity contribution is 7.87. The Morgan fingerprint density at radius 1 is 1.29 bits per heavy atom. The van der Waals surface area contributed by atoms with Gasteiger partial charge >= 0.3 is 0 Å². The Labute approximate surface area is 202 Å². The Balaban J connectivity index is 1.51. The second-order valence-corrected chi connectivity index (χ2v) is 11.7. The van der Waals surface area contributed by atoms with E-state index >= 15 is 0 Å². The van der Waals surface area contributed by atoms with Crippen molar-refractivity contribution >= 4 is 27.2 Å². The van der Waals surface area contributed by atoms with Gasteiger partial charge < -0.3 is 10.4 Å². The minimum absolute atomic E-state index is 0.133. The van der Waals surface area contributed by atoms with Crippen molar-refractivity contribution < 1.29 is 22.3 Å². The number of nitrogens with zero attached hydrogens (tertiary/aromatic N) is 4. The molecule has 0 spiro atoms. The normalized spacial score (nSPS) is 24.8. The van der Waals surface area contributed by atoms with Crippen LogP contribution in [0.15, 0.2) is 17.1 Å². The standard InChI is InChI=1S/C22H32F2N6O4S/c1-14-11-15-12-25-20(28-18(15)30(19(14)31)17-5-4-8-21(17,2)32)27-16-6-9-29(10-7-16)35(33,34)26-13-22(3,23)24/h11-12,16-17,26,32H,4-10,13H2,1-3H3,(H,25,27,28)/t17-,21-/m1/s1. The van der Waals surface area contributed by atoms with Crippen molar-refractivity contribution in [2.24, 2.45) is 0 Å². The summed E-state index contributed by atoms with van der Waals surface area (Å²) >= 11 is 0. The van der Waals surface area contributed by atoms with Gasteiger partial charge in [-0.3, -0.25) is 9.36 Å². The van der Waals surface area contributed by atoms with E-state index in [9.17, 15) is 27.1 Å². The summed E-state index contributed by atoms with van der Waals surface area (Å²) in [6, 6.07) is 1.21. The lowest BCUT2D eigenvalue weighted by molar-refractivity contribution is 0.0264. The van der Waals surface area contributed by atoms with Crippen LogP contribution in [0, 0.1) is 6.92 Å². The number of pyridine rings is 1. The lowest BCUT2D eigenvalue weighted by atomic mass is 9.99. The van der Waals surface area contributed by atoms with E-state index in [0.717, 1.165) is 10.7 Å². The van der Waals surface area contributed by atoms with Crippen LogP contribution in [0.5, 0.6) is 0 Å². The van der Waals surface area contributed by atoms with E-state index in [1.807, 2.05) is 4.72 Å². The molecule has 2 fully saturated rings. The fourth-order valence-corrected chi connectivity index (χ4v) is 6.20. The zero-order chi connectivity index (χ0) is 25.6. The minimum Gasteiger partial charge on any atom is -0.388 e. The Hall–Kier alpha value is -2.22. The van der Waals surface area contributed by atoms with Crippen LogP contribution in [0.4, 0.5) is 14.7 Å². The molecule has 0 aromatic carbocycles. The summed E-state index contributed by atoms with van der Waals surface area (Å²) in [6.45, 7) is 3.49. The van der Waals surface area contributed by atoms with Gasteiger partial charge in [-0.15, -0.1) is 0 Å². The van der Waals surface area contributed by atoms with Crippen LogP contribution in [-0.4, -0.2) is 69.6 Å². The number of alkyl halides is 2. The lowest BCUT2D eigenvalue weighted by Crippen LogP contribution is -2.49. The number of hydrogen-bond acceptors (Lipinski definition) is 7. The molecule has 35 heavy (non-hydrogen) atoms. The number of hydrogen-bond donors (Lipinski definition) is 3. The molecule has 0 bridgehead atoms. The number of nitrogens with one attached hydrogen (secondary N) is 2. The summed E-state index contributed by atoms with van der Waals surface area (Å²) < 4.78 is 55.4. The van der Waals surface area contributed by atoms with Crippen molar-refractivity contribution in [3.63, 3.8) is 0 Å². The highest BCUT2D eigenvalue weighted by atomic mass is 32.2.